The third-order valence-corrected chi connectivity index (χ3v) is 3.30. The summed E-state index contributed by atoms with van der Waals surface area (Å²) in [5, 5.41) is 12.7. The highest BCUT2D eigenvalue weighted by molar-refractivity contribution is 6.35. The minimum atomic E-state index is -0.0668. The summed E-state index contributed by atoms with van der Waals surface area (Å²) in [6.07, 6.45) is 8.38. The SMILES string of the molecule is O=C(C=C1C=CC(=NO)C=C1)Cc1ccc(Cl)cc1Cl. The van der Waals surface area contributed by atoms with Gasteiger partial charge >= 0.3 is 0 Å². The maximum absolute atomic E-state index is 12.0. The van der Waals surface area contributed by atoms with E-state index in [1.165, 1.54) is 6.08 Å². The quantitative estimate of drug-likeness (QED) is 0.521. The Morgan fingerprint density at radius 1 is 1.20 bits per heavy atom. The van der Waals surface area contributed by atoms with E-state index in [1.54, 1.807) is 42.5 Å². The molecule has 20 heavy (non-hydrogen) atoms. The molecule has 0 atom stereocenters. The second kappa shape index (κ2) is 6.55. The van der Waals surface area contributed by atoms with Crippen molar-refractivity contribution in [3.8, 4) is 0 Å². The molecule has 0 aromatic heterocycles. The third kappa shape index (κ3) is 3.83. The largest absolute Gasteiger partial charge is 0.410 e. The van der Waals surface area contributed by atoms with Crippen LogP contribution in [0.2, 0.25) is 10.0 Å². The van der Waals surface area contributed by atoms with Crippen LogP contribution in [0.15, 0.2) is 59.3 Å². The summed E-state index contributed by atoms with van der Waals surface area (Å²) < 4.78 is 0. The van der Waals surface area contributed by atoms with Gasteiger partial charge in [-0.25, -0.2) is 0 Å². The highest BCUT2D eigenvalue weighted by atomic mass is 35.5. The molecule has 0 saturated carbocycles. The van der Waals surface area contributed by atoms with Crippen LogP contribution < -0.4 is 0 Å². The second-order valence-electron chi connectivity index (χ2n) is 4.21. The Labute approximate surface area is 126 Å². The normalized spacial score (nSPS) is 13.5. The molecule has 0 unspecified atom stereocenters. The molecule has 1 aliphatic carbocycles. The van der Waals surface area contributed by atoms with Crippen LogP contribution in [0.3, 0.4) is 0 Å². The molecule has 0 saturated heterocycles. The van der Waals surface area contributed by atoms with Gasteiger partial charge in [-0.2, -0.15) is 0 Å². The number of carbonyl (C=O) groups excluding carboxylic acids is 1. The van der Waals surface area contributed by atoms with Crippen molar-refractivity contribution < 1.29 is 10.0 Å². The molecule has 1 aromatic rings. The third-order valence-electron chi connectivity index (χ3n) is 2.72. The number of oxime groups is 1. The fourth-order valence-corrected chi connectivity index (χ4v) is 2.20. The van der Waals surface area contributed by atoms with Crippen LogP contribution in [-0.2, 0) is 11.2 Å². The van der Waals surface area contributed by atoms with Crippen molar-refractivity contribution in [3.63, 3.8) is 0 Å². The van der Waals surface area contributed by atoms with Gasteiger partial charge in [0.05, 0.1) is 0 Å². The number of hydrogen-bond acceptors (Lipinski definition) is 3. The number of carbonyl (C=O) groups is 1. The highest BCUT2D eigenvalue weighted by Gasteiger charge is 2.07. The van der Waals surface area contributed by atoms with Crippen molar-refractivity contribution in [2.24, 2.45) is 5.16 Å². The Bertz CT molecular complexity index is 640. The van der Waals surface area contributed by atoms with E-state index in [0.29, 0.717) is 15.8 Å². The van der Waals surface area contributed by atoms with E-state index < -0.39 is 0 Å². The second-order valence-corrected chi connectivity index (χ2v) is 5.06. The average molecular weight is 308 g/mol. The summed E-state index contributed by atoms with van der Waals surface area (Å²) in [6.45, 7) is 0. The Balaban J connectivity index is 2.08. The van der Waals surface area contributed by atoms with E-state index in [9.17, 15) is 4.79 Å². The Morgan fingerprint density at radius 2 is 1.90 bits per heavy atom. The molecular formula is C15H11Cl2NO2. The van der Waals surface area contributed by atoms with Crippen molar-refractivity contribution >= 4 is 34.7 Å². The topological polar surface area (TPSA) is 49.7 Å². The number of halogens is 2. The van der Waals surface area contributed by atoms with Crippen LogP contribution in [0, 0.1) is 0 Å². The maximum Gasteiger partial charge on any atom is 0.160 e. The van der Waals surface area contributed by atoms with Crippen LogP contribution in [0.4, 0.5) is 0 Å². The van der Waals surface area contributed by atoms with E-state index in [-0.39, 0.29) is 12.2 Å². The lowest BCUT2D eigenvalue weighted by atomic mass is 10.0. The number of rotatable bonds is 3. The predicted molar refractivity (Wildman–Crippen MR) is 80.8 cm³/mol. The lowest BCUT2D eigenvalue weighted by Gasteiger charge is -2.04. The smallest absolute Gasteiger partial charge is 0.160 e. The molecule has 1 N–H and O–H groups in total. The van der Waals surface area contributed by atoms with Crippen molar-refractivity contribution in [2.75, 3.05) is 0 Å². The van der Waals surface area contributed by atoms with Crippen molar-refractivity contribution in [3.05, 3.63) is 69.8 Å². The zero-order valence-electron chi connectivity index (χ0n) is 10.4. The summed E-state index contributed by atoms with van der Waals surface area (Å²) in [5.41, 5.74) is 1.92. The monoisotopic (exact) mass is 307 g/mol. The van der Waals surface area contributed by atoms with Gasteiger partial charge in [-0.1, -0.05) is 46.6 Å². The molecule has 5 heteroatoms. The molecule has 0 spiro atoms. The maximum atomic E-state index is 12.0. The molecule has 102 valence electrons. The summed E-state index contributed by atoms with van der Waals surface area (Å²) in [4.78, 5) is 12.0. The standard InChI is InChI=1S/C15H11Cl2NO2/c16-12-4-3-11(15(17)9-12)8-14(19)7-10-1-5-13(18-20)6-2-10/h1-7,9,20H,8H2. The van der Waals surface area contributed by atoms with Gasteiger partial charge in [0.15, 0.2) is 5.78 Å². The Hall–Kier alpha value is -1.84. The zero-order chi connectivity index (χ0) is 14.5. The van der Waals surface area contributed by atoms with Crippen LogP contribution in [0.25, 0.3) is 0 Å². The van der Waals surface area contributed by atoms with Gasteiger partial charge in [0, 0.05) is 16.5 Å². The molecule has 0 radical (unpaired) electrons. The van der Waals surface area contributed by atoms with Crippen molar-refractivity contribution in [1.82, 2.24) is 0 Å². The molecule has 0 amide bonds. The van der Waals surface area contributed by atoms with Crippen molar-refractivity contribution in [1.29, 1.82) is 0 Å². The number of ketones is 1. The summed E-state index contributed by atoms with van der Waals surface area (Å²) in [7, 11) is 0. The Kier molecular flexibility index (Phi) is 4.77. The van der Waals surface area contributed by atoms with Gasteiger partial charge in [0.25, 0.3) is 0 Å². The number of allylic oxidation sites excluding steroid dienone is 6. The number of hydrogen-bond donors (Lipinski definition) is 1. The molecule has 0 fully saturated rings. The predicted octanol–water partition coefficient (Wildman–Crippen LogP) is 3.99. The van der Waals surface area contributed by atoms with Crippen LogP contribution in [0.5, 0.6) is 0 Å². The first kappa shape index (κ1) is 14.6. The van der Waals surface area contributed by atoms with Gasteiger partial charge in [-0.15, -0.1) is 0 Å². The van der Waals surface area contributed by atoms with E-state index in [0.717, 1.165) is 11.1 Å². The molecule has 0 aliphatic heterocycles. The van der Waals surface area contributed by atoms with E-state index in [4.69, 9.17) is 28.4 Å². The minimum absolute atomic E-state index is 0.0668. The van der Waals surface area contributed by atoms with Gasteiger partial charge < -0.3 is 5.21 Å². The molecule has 2 rings (SSSR count). The minimum Gasteiger partial charge on any atom is -0.410 e. The van der Waals surface area contributed by atoms with E-state index in [2.05, 4.69) is 5.16 Å². The van der Waals surface area contributed by atoms with Gasteiger partial charge in [0.1, 0.15) is 5.71 Å². The Morgan fingerprint density at radius 3 is 2.50 bits per heavy atom. The first-order valence-electron chi connectivity index (χ1n) is 5.85. The number of benzene rings is 1. The molecule has 3 nitrogen and oxygen atoms in total. The van der Waals surface area contributed by atoms with Crippen LogP contribution in [-0.4, -0.2) is 16.7 Å². The zero-order valence-corrected chi connectivity index (χ0v) is 11.9. The van der Waals surface area contributed by atoms with Crippen LogP contribution in [0.1, 0.15) is 5.56 Å². The lowest BCUT2D eigenvalue weighted by Crippen LogP contribution is -2.01. The highest BCUT2D eigenvalue weighted by Crippen LogP contribution is 2.21. The van der Waals surface area contributed by atoms with E-state index >= 15 is 0 Å². The van der Waals surface area contributed by atoms with Gasteiger partial charge in [0.2, 0.25) is 0 Å². The molecule has 0 bridgehead atoms. The molecule has 1 aromatic carbocycles. The summed E-state index contributed by atoms with van der Waals surface area (Å²) in [5.74, 6) is -0.0668. The average Bonchev–Trinajstić information content (AvgIpc) is 2.43. The van der Waals surface area contributed by atoms with Crippen LogP contribution >= 0.6 is 23.2 Å². The summed E-state index contributed by atoms with van der Waals surface area (Å²) >= 11 is 11.8. The molecule has 0 heterocycles. The first-order valence-corrected chi connectivity index (χ1v) is 6.61. The van der Waals surface area contributed by atoms with Gasteiger partial charge in [-0.3, -0.25) is 4.79 Å². The number of nitrogens with zero attached hydrogens (tertiary/aromatic N) is 1. The fourth-order valence-electron chi connectivity index (χ4n) is 1.73. The van der Waals surface area contributed by atoms with Crippen molar-refractivity contribution in [2.45, 2.75) is 6.42 Å². The first-order chi connectivity index (χ1) is 9.58. The molecular weight excluding hydrogens is 297 g/mol. The fraction of sp³-hybridized carbons (Fsp3) is 0.0667. The lowest BCUT2D eigenvalue weighted by molar-refractivity contribution is -0.114. The summed E-state index contributed by atoms with van der Waals surface area (Å²) in [6, 6.07) is 5.06. The van der Waals surface area contributed by atoms with Gasteiger partial charge in [-0.05, 0) is 41.5 Å². The van der Waals surface area contributed by atoms with E-state index in [1.807, 2.05) is 0 Å². The molecule has 1 aliphatic rings.